The summed E-state index contributed by atoms with van der Waals surface area (Å²) in [5.74, 6) is 2.72. The molecule has 0 amide bonds. The summed E-state index contributed by atoms with van der Waals surface area (Å²) in [4.78, 5) is 0. The quantitative estimate of drug-likeness (QED) is 0.814. The van der Waals surface area contributed by atoms with Crippen LogP contribution in [0.4, 0.5) is 0 Å². The fourth-order valence-electron chi connectivity index (χ4n) is 1.67. The van der Waals surface area contributed by atoms with E-state index in [1.54, 1.807) is 7.11 Å². The molecule has 0 radical (unpaired) electrons. The lowest BCUT2D eigenvalue weighted by molar-refractivity contribution is 0.411. The van der Waals surface area contributed by atoms with Crippen molar-refractivity contribution in [3.8, 4) is 5.75 Å². The Bertz CT molecular complexity index is 366. The first-order chi connectivity index (χ1) is 8.58. The summed E-state index contributed by atoms with van der Waals surface area (Å²) in [6.07, 6.45) is 0. The minimum absolute atomic E-state index is 0.669. The number of methoxy groups -OCH3 is 1. The molecule has 1 unspecified atom stereocenters. The van der Waals surface area contributed by atoms with E-state index in [1.807, 2.05) is 18.8 Å². The van der Waals surface area contributed by atoms with Crippen molar-refractivity contribution in [3.05, 3.63) is 29.3 Å². The maximum Gasteiger partial charge on any atom is 0.122 e. The minimum atomic E-state index is 0.669. The molecule has 0 aliphatic heterocycles. The molecular weight excluding hydrogens is 242 g/mol. The number of rotatable bonds is 7. The molecule has 0 aromatic heterocycles. The summed E-state index contributed by atoms with van der Waals surface area (Å²) in [5.41, 5.74) is 2.61. The third-order valence-corrected chi connectivity index (χ3v) is 4.71. The second kappa shape index (κ2) is 7.70. The van der Waals surface area contributed by atoms with Crippen LogP contribution >= 0.6 is 11.8 Å². The summed E-state index contributed by atoms with van der Waals surface area (Å²) in [6.45, 7) is 7.74. The number of hydrogen-bond donors (Lipinski definition) is 1. The second-order valence-electron chi connectivity index (χ2n) is 4.94. The van der Waals surface area contributed by atoms with Gasteiger partial charge in [-0.05, 0) is 30.7 Å². The molecule has 0 bridgehead atoms. The van der Waals surface area contributed by atoms with Gasteiger partial charge in [0, 0.05) is 23.1 Å². The van der Waals surface area contributed by atoms with Crippen molar-refractivity contribution in [1.82, 2.24) is 5.32 Å². The van der Waals surface area contributed by atoms with E-state index in [-0.39, 0.29) is 0 Å². The molecular formula is C15H25NOS. The average molecular weight is 267 g/mol. The Kier molecular flexibility index (Phi) is 6.58. The maximum absolute atomic E-state index is 5.44. The van der Waals surface area contributed by atoms with Gasteiger partial charge in [0.05, 0.1) is 7.11 Å². The highest BCUT2D eigenvalue weighted by Crippen LogP contribution is 2.28. The molecule has 2 nitrogen and oxygen atoms in total. The monoisotopic (exact) mass is 267 g/mol. The molecule has 0 saturated carbocycles. The Morgan fingerprint density at radius 3 is 2.56 bits per heavy atom. The lowest BCUT2D eigenvalue weighted by Gasteiger charge is -2.16. The number of hydrogen-bond acceptors (Lipinski definition) is 3. The number of thioether (sulfide) groups is 1. The van der Waals surface area contributed by atoms with Crippen LogP contribution in [-0.4, -0.2) is 19.4 Å². The zero-order chi connectivity index (χ0) is 13.5. The number of ether oxygens (including phenoxy) is 1. The SMILES string of the molecule is CNCc1ccc(OC)c(CSC(C)C(C)C)c1. The molecule has 0 aliphatic rings. The van der Waals surface area contributed by atoms with E-state index in [2.05, 4.69) is 44.3 Å². The number of benzene rings is 1. The Labute approximate surface area is 116 Å². The Morgan fingerprint density at radius 2 is 2.00 bits per heavy atom. The molecule has 3 heteroatoms. The highest BCUT2D eigenvalue weighted by atomic mass is 32.2. The van der Waals surface area contributed by atoms with Gasteiger partial charge in [-0.2, -0.15) is 11.8 Å². The zero-order valence-corrected chi connectivity index (χ0v) is 12.9. The third-order valence-electron chi connectivity index (χ3n) is 3.17. The van der Waals surface area contributed by atoms with Crippen molar-refractivity contribution < 1.29 is 4.74 Å². The fourth-order valence-corrected chi connectivity index (χ4v) is 2.73. The van der Waals surface area contributed by atoms with Gasteiger partial charge in [0.2, 0.25) is 0 Å². The lowest BCUT2D eigenvalue weighted by Crippen LogP contribution is -2.07. The van der Waals surface area contributed by atoms with Crippen LogP contribution < -0.4 is 10.1 Å². The Balaban J connectivity index is 2.74. The second-order valence-corrected chi connectivity index (χ2v) is 6.30. The van der Waals surface area contributed by atoms with Crippen molar-refractivity contribution in [2.45, 2.75) is 38.3 Å². The molecule has 1 aromatic carbocycles. The van der Waals surface area contributed by atoms with Crippen LogP contribution in [0, 0.1) is 5.92 Å². The Hall–Kier alpha value is -0.670. The lowest BCUT2D eigenvalue weighted by atomic mass is 10.1. The molecule has 0 fully saturated rings. The van der Waals surface area contributed by atoms with Crippen molar-refractivity contribution in [1.29, 1.82) is 0 Å². The largest absolute Gasteiger partial charge is 0.496 e. The van der Waals surface area contributed by atoms with E-state index in [4.69, 9.17) is 4.74 Å². The molecule has 0 heterocycles. The van der Waals surface area contributed by atoms with Crippen molar-refractivity contribution >= 4 is 11.8 Å². The molecule has 102 valence electrons. The smallest absolute Gasteiger partial charge is 0.122 e. The van der Waals surface area contributed by atoms with Crippen LogP contribution in [0.1, 0.15) is 31.9 Å². The molecule has 1 atom stereocenters. The summed E-state index contributed by atoms with van der Waals surface area (Å²) in [7, 11) is 3.71. The van der Waals surface area contributed by atoms with E-state index in [1.165, 1.54) is 11.1 Å². The van der Waals surface area contributed by atoms with E-state index >= 15 is 0 Å². The molecule has 1 aromatic rings. The van der Waals surface area contributed by atoms with Gasteiger partial charge in [-0.25, -0.2) is 0 Å². The summed E-state index contributed by atoms with van der Waals surface area (Å²) < 4.78 is 5.44. The third kappa shape index (κ3) is 4.54. The predicted octanol–water partition coefficient (Wildman–Crippen LogP) is 3.69. The van der Waals surface area contributed by atoms with Crippen LogP contribution in [0.2, 0.25) is 0 Å². The predicted molar refractivity (Wildman–Crippen MR) is 81.4 cm³/mol. The van der Waals surface area contributed by atoms with Crippen LogP contribution in [-0.2, 0) is 12.3 Å². The highest BCUT2D eigenvalue weighted by molar-refractivity contribution is 7.99. The summed E-state index contributed by atoms with van der Waals surface area (Å²) >= 11 is 1.99. The summed E-state index contributed by atoms with van der Waals surface area (Å²) in [5, 5.41) is 3.85. The number of nitrogens with one attached hydrogen (secondary N) is 1. The molecule has 0 saturated heterocycles. The van der Waals surface area contributed by atoms with Gasteiger partial charge < -0.3 is 10.1 Å². The van der Waals surface area contributed by atoms with Crippen LogP contribution in [0.3, 0.4) is 0 Å². The first kappa shape index (κ1) is 15.4. The first-order valence-electron chi connectivity index (χ1n) is 6.50. The molecule has 0 spiro atoms. The van der Waals surface area contributed by atoms with Crippen LogP contribution in [0.5, 0.6) is 5.75 Å². The first-order valence-corrected chi connectivity index (χ1v) is 7.55. The van der Waals surface area contributed by atoms with E-state index in [0.29, 0.717) is 11.2 Å². The van der Waals surface area contributed by atoms with Gasteiger partial charge in [0.1, 0.15) is 5.75 Å². The van der Waals surface area contributed by atoms with Gasteiger partial charge in [-0.15, -0.1) is 0 Å². The minimum Gasteiger partial charge on any atom is -0.496 e. The highest BCUT2D eigenvalue weighted by Gasteiger charge is 2.10. The van der Waals surface area contributed by atoms with Gasteiger partial charge in [0.15, 0.2) is 0 Å². The molecule has 1 rings (SSSR count). The normalized spacial score (nSPS) is 12.8. The molecule has 0 aliphatic carbocycles. The van der Waals surface area contributed by atoms with Crippen LogP contribution in [0.25, 0.3) is 0 Å². The van der Waals surface area contributed by atoms with Crippen molar-refractivity contribution in [3.63, 3.8) is 0 Å². The van der Waals surface area contributed by atoms with Crippen LogP contribution in [0.15, 0.2) is 18.2 Å². The topological polar surface area (TPSA) is 21.3 Å². The zero-order valence-electron chi connectivity index (χ0n) is 12.1. The average Bonchev–Trinajstić information content (AvgIpc) is 2.36. The van der Waals surface area contributed by atoms with E-state index in [0.717, 1.165) is 18.0 Å². The molecule has 1 N–H and O–H groups in total. The van der Waals surface area contributed by atoms with Crippen molar-refractivity contribution in [2.75, 3.05) is 14.2 Å². The van der Waals surface area contributed by atoms with Gasteiger partial charge in [-0.3, -0.25) is 0 Å². The summed E-state index contributed by atoms with van der Waals surface area (Å²) in [6, 6.07) is 6.44. The van der Waals surface area contributed by atoms with E-state index in [9.17, 15) is 0 Å². The van der Waals surface area contributed by atoms with E-state index < -0.39 is 0 Å². The maximum atomic E-state index is 5.44. The fraction of sp³-hybridized carbons (Fsp3) is 0.600. The van der Waals surface area contributed by atoms with Gasteiger partial charge in [0.25, 0.3) is 0 Å². The van der Waals surface area contributed by atoms with Crippen molar-refractivity contribution in [2.24, 2.45) is 5.92 Å². The Morgan fingerprint density at radius 1 is 1.28 bits per heavy atom. The van der Waals surface area contributed by atoms with Gasteiger partial charge in [-0.1, -0.05) is 26.8 Å². The standard InChI is InChI=1S/C15H25NOS/c1-11(2)12(3)18-10-14-8-13(9-16-4)6-7-15(14)17-5/h6-8,11-12,16H,9-10H2,1-5H3. The van der Waals surface area contributed by atoms with Gasteiger partial charge >= 0.3 is 0 Å². The molecule has 18 heavy (non-hydrogen) atoms.